The van der Waals surface area contributed by atoms with Gasteiger partial charge in [-0.05, 0) is 21.0 Å². The molecule has 3 rings (SSSR count). The van der Waals surface area contributed by atoms with E-state index in [9.17, 15) is 0 Å². The minimum atomic E-state index is 0.194. The number of nitrogens with one attached hydrogen (secondary N) is 1. The molecule has 0 spiro atoms. The summed E-state index contributed by atoms with van der Waals surface area (Å²) in [4.78, 5) is 11.7. The highest BCUT2D eigenvalue weighted by Gasteiger charge is 2.30. The van der Waals surface area contributed by atoms with Crippen LogP contribution in [-0.2, 0) is 0 Å². The quantitative estimate of drug-likeness (QED) is 0.839. The van der Waals surface area contributed by atoms with Crippen molar-refractivity contribution >= 4 is 0 Å². The molecule has 0 aromatic carbocycles. The number of hydrogen-bond acceptors (Lipinski definition) is 7. The van der Waals surface area contributed by atoms with E-state index < -0.39 is 0 Å². The number of aromatic nitrogens is 2. The second-order valence-electron chi connectivity index (χ2n) is 6.21. The molecule has 2 fully saturated rings. The molecule has 1 aromatic rings. The molecule has 2 saturated heterocycles. The molecule has 7 heteroatoms. The molecule has 0 amide bonds. The van der Waals surface area contributed by atoms with E-state index in [0.29, 0.717) is 0 Å². The molecule has 1 aromatic heterocycles. The predicted octanol–water partition coefficient (Wildman–Crippen LogP) is -0.0459. The van der Waals surface area contributed by atoms with Crippen LogP contribution in [0.2, 0.25) is 0 Å². The van der Waals surface area contributed by atoms with Crippen molar-refractivity contribution in [2.24, 2.45) is 0 Å². The fraction of sp³-hybridized carbons (Fsp3) is 0.857. The Kier molecular flexibility index (Phi) is 4.54. The molecule has 2 aliphatic heterocycles. The zero-order valence-corrected chi connectivity index (χ0v) is 13.2. The van der Waals surface area contributed by atoms with Crippen LogP contribution in [0.5, 0.6) is 0 Å². The molecule has 2 unspecified atom stereocenters. The van der Waals surface area contributed by atoms with E-state index >= 15 is 0 Å². The van der Waals surface area contributed by atoms with Crippen LogP contribution in [0.25, 0.3) is 0 Å². The molecule has 21 heavy (non-hydrogen) atoms. The van der Waals surface area contributed by atoms with Gasteiger partial charge in [0.25, 0.3) is 0 Å². The predicted molar refractivity (Wildman–Crippen MR) is 80.0 cm³/mol. The standard InChI is InChI=1S/C14H26N6O/c1-11(20-6-4-15-5-7-20)14-16-13(17-21-14)12-10-18(2)8-9-19(12)3/h11-12,15H,4-10H2,1-3H3. The third kappa shape index (κ3) is 3.26. The average molecular weight is 294 g/mol. The molecule has 7 nitrogen and oxygen atoms in total. The Morgan fingerprint density at radius 1 is 1.19 bits per heavy atom. The second-order valence-corrected chi connectivity index (χ2v) is 6.21. The van der Waals surface area contributed by atoms with Gasteiger partial charge < -0.3 is 14.7 Å². The molecule has 0 saturated carbocycles. The molecule has 0 radical (unpaired) electrons. The maximum atomic E-state index is 5.55. The zero-order chi connectivity index (χ0) is 14.8. The Labute approximate surface area is 126 Å². The Morgan fingerprint density at radius 2 is 1.95 bits per heavy atom. The lowest BCUT2D eigenvalue weighted by Crippen LogP contribution is -2.45. The van der Waals surface area contributed by atoms with Crippen LogP contribution in [0.1, 0.15) is 30.7 Å². The minimum absolute atomic E-state index is 0.194. The molecular formula is C14H26N6O. The summed E-state index contributed by atoms with van der Waals surface area (Å²) in [5, 5.41) is 7.61. The van der Waals surface area contributed by atoms with Gasteiger partial charge in [0.2, 0.25) is 5.89 Å². The number of likely N-dealkylation sites (N-methyl/N-ethyl adjacent to an activating group) is 2. The van der Waals surface area contributed by atoms with E-state index in [4.69, 9.17) is 4.52 Å². The van der Waals surface area contributed by atoms with E-state index in [0.717, 1.165) is 57.5 Å². The summed E-state index contributed by atoms with van der Waals surface area (Å²) in [6.07, 6.45) is 0. The lowest BCUT2D eigenvalue weighted by Gasteiger charge is -2.35. The number of hydrogen-bond donors (Lipinski definition) is 1. The first-order valence-corrected chi connectivity index (χ1v) is 7.82. The highest BCUT2D eigenvalue weighted by Crippen LogP contribution is 2.24. The van der Waals surface area contributed by atoms with E-state index in [1.807, 2.05) is 0 Å². The Balaban J connectivity index is 1.70. The molecule has 0 aliphatic carbocycles. The lowest BCUT2D eigenvalue weighted by atomic mass is 10.2. The summed E-state index contributed by atoms with van der Waals surface area (Å²) < 4.78 is 5.55. The van der Waals surface area contributed by atoms with Crippen LogP contribution in [0.3, 0.4) is 0 Å². The first kappa shape index (κ1) is 14.9. The van der Waals surface area contributed by atoms with Crippen LogP contribution < -0.4 is 5.32 Å². The molecule has 0 bridgehead atoms. The van der Waals surface area contributed by atoms with Gasteiger partial charge in [0.1, 0.15) is 0 Å². The van der Waals surface area contributed by atoms with Crippen molar-refractivity contribution in [2.45, 2.75) is 19.0 Å². The van der Waals surface area contributed by atoms with Gasteiger partial charge in [-0.25, -0.2) is 0 Å². The van der Waals surface area contributed by atoms with E-state index in [2.05, 4.69) is 51.2 Å². The van der Waals surface area contributed by atoms with Crippen molar-refractivity contribution in [1.82, 2.24) is 30.2 Å². The van der Waals surface area contributed by atoms with Crippen LogP contribution in [0.4, 0.5) is 0 Å². The summed E-state index contributed by atoms with van der Waals surface area (Å²) in [5.41, 5.74) is 0. The van der Waals surface area contributed by atoms with Crippen LogP contribution in [0.15, 0.2) is 4.52 Å². The summed E-state index contributed by atoms with van der Waals surface area (Å²) >= 11 is 0. The van der Waals surface area contributed by atoms with Crippen molar-refractivity contribution < 1.29 is 4.52 Å². The molecular weight excluding hydrogens is 268 g/mol. The Morgan fingerprint density at radius 3 is 2.71 bits per heavy atom. The molecule has 2 atom stereocenters. The minimum Gasteiger partial charge on any atom is -0.338 e. The van der Waals surface area contributed by atoms with Crippen LogP contribution >= 0.6 is 0 Å². The summed E-state index contributed by atoms with van der Waals surface area (Å²) in [7, 11) is 4.28. The third-order valence-corrected chi connectivity index (χ3v) is 4.66. The summed E-state index contributed by atoms with van der Waals surface area (Å²) in [5.74, 6) is 1.56. The number of piperazine rings is 2. The van der Waals surface area contributed by atoms with Gasteiger partial charge in [0, 0.05) is 45.8 Å². The fourth-order valence-corrected chi connectivity index (χ4v) is 3.07. The summed E-state index contributed by atoms with van der Waals surface area (Å²) in [6, 6.07) is 0.427. The van der Waals surface area contributed by atoms with Crippen molar-refractivity contribution in [3.05, 3.63) is 11.7 Å². The van der Waals surface area contributed by atoms with Gasteiger partial charge >= 0.3 is 0 Å². The van der Waals surface area contributed by atoms with Crippen LogP contribution in [0, 0.1) is 0 Å². The molecule has 1 N–H and O–H groups in total. The largest absolute Gasteiger partial charge is 0.338 e. The first-order valence-electron chi connectivity index (χ1n) is 7.82. The van der Waals surface area contributed by atoms with Gasteiger partial charge in [-0.15, -0.1) is 0 Å². The van der Waals surface area contributed by atoms with Crippen molar-refractivity contribution in [2.75, 3.05) is 59.9 Å². The van der Waals surface area contributed by atoms with Gasteiger partial charge in [-0.1, -0.05) is 5.16 Å². The van der Waals surface area contributed by atoms with E-state index in [-0.39, 0.29) is 12.1 Å². The first-order chi connectivity index (χ1) is 10.1. The SMILES string of the molecule is CC(c1nc(C2CN(C)CCN2C)no1)N1CCNCC1. The van der Waals surface area contributed by atoms with Crippen molar-refractivity contribution in [1.29, 1.82) is 0 Å². The third-order valence-electron chi connectivity index (χ3n) is 4.66. The highest BCUT2D eigenvalue weighted by molar-refractivity contribution is 5.00. The topological polar surface area (TPSA) is 60.7 Å². The zero-order valence-electron chi connectivity index (χ0n) is 13.2. The van der Waals surface area contributed by atoms with E-state index in [1.54, 1.807) is 0 Å². The van der Waals surface area contributed by atoms with Gasteiger partial charge in [-0.2, -0.15) is 4.98 Å². The maximum absolute atomic E-state index is 5.55. The number of rotatable bonds is 3. The van der Waals surface area contributed by atoms with Gasteiger partial charge in [0.15, 0.2) is 5.82 Å². The highest BCUT2D eigenvalue weighted by atomic mass is 16.5. The van der Waals surface area contributed by atoms with Crippen LogP contribution in [-0.4, -0.2) is 84.7 Å². The Bertz CT molecular complexity index is 458. The maximum Gasteiger partial charge on any atom is 0.243 e. The molecule has 3 heterocycles. The smallest absolute Gasteiger partial charge is 0.243 e. The fourth-order valence-electron chi connectivity index (χ4n) is 3.07. The number of nitrogens with zero attached hydrogens (tertiary/aromatic N) is 5. The lowest BCUT2D eigenvalue weighted by molar-refractivity contribution is 0.108. The monoisotopic (exact) mass is 294 g/mol. The van der Waals surface area contributed by atoms with Gasteiger partial charge in [-0.3, -0.25) is 9.80 Å². The summed E-state index contributed by atoms with van der Waals surface area (Å²) in [6.45, 7) is 9.36. The van der Waals surface area contributed by atoms with Crippen molar-refractivity contribution in [3.8, 4) is 0 Å². The van der Waals surface area contributed by atoms with Gasteiger partial charge in [0.05, 0.1) is 12.1 Å². The molecule has 2 aliphatic rings. The Hall–Kier alpha value is -1.02. The molecule has 118 valence electrons. The normalized spacial score (nSPS) is 27.9. The van der Waals surface area contributed by atoms with Crippen molar-refractivity contribution in [3.63, 3.8) is 0 Å². The average Bonchev–Trinajstić information content (AvgIpc) is 2.99. The second kappa shape index (κ2) is 6.39. The van der Waals surface area contributed by atoms with E-state index in [1.165, 1.54) is 0 Å².